The first-order valence-electron chi connectivity index (χ1n) is 7.90. The van der Waals surface area contributed by atoms with Crippen LogP contribution >= 0.6 is 23.2 Å². The molecule has 25 heavy (non-hydrogen) atoms. The van der Waals surface area contributed by atoms with Crippen LogP contribution < -0.4 is 0 Å². The quantitative estimate of drug-likeness (QED) is 0.374. The molecular weight excluding hydrogens is 356 g/mol. The molecule has 0 saturated heterocycles. The van der Waals surface area contributed by atoms with Gasteiger partial charge in [0, 0.05) is 29.2 Å². The Morgan fingerprint density at radius 3 is 2.40 bits per heavy atom. The van der Waals surface area contributed by atoms with E-state index in [2.05, 4.69) is 4.57 Å². The minimum absolute atomic E-state index is 0.216. The van der Waals surface area contributed by atoms with E-state index in [9.17, 15) is 4.39 Å². The number of hydrogen-bond acceptors (Lipinski definition) is 0. The van der Waals surface area contributed by atoms with E-state index in [0.29, 0.717) is 22.2 Å². The van der Waals surface area contributed by atoms with Crippen molar-refractivity contribution in [2.45, 2.75) is 6.54 Å². The van der Waals surface area contributed by atoms with Crippen molar-refractivity contribution in [2.75, 3.05) is 0 Å². The number of benzene rings is 3. The summed E-state index contributed by atoms with van der Waals surface area (Å²) in [5.41, 5.74) is 3.61. The third-order valence-electron chi connectivity index (χ3n) is 4.31. The molecular formula is C21H14Cl2FN. The summed E-state index contributed by atoms with van der Waals surface area (Å²) in [5, 5.41) is 2.11. The van der Waals surface area contributed by atoms with Gasteiger partial charge in [-0.2, -0.15) is 0 Å². The van der Waals surface area contributed by atoms with E-state index in [0.717, 1.165) is 22.0 Å². The minimum Gasteiger partial charge on any atom is -0.343 e. The highest BCUT2D eigenvalue weighted by Gasteiger charge is 2.11. The van der Waals surface area contributed by atoms with Gasteiger partial charge in [0.05, 0.1) is 10.0 Å². The Morgan fingerprint density at radius 1 is 0.800 bits per heavy atom. The van der Waals surface area contributed by atoms with Crippen LogP contribution in [0, 0.1) is 5.82 Å². The molecule has 0 aliphatic heterocycles. The highest BCUT2D eigenvalue weighted by Crippen LogP contribution is 2.31. The second-order valence-electron chi connectivity index (χ2n) is 5.91. The van der Waals surface area contributed by atoms with E-state index in [4.69, 9.17) is 23.2 Å². The molecule has 1 heterocycles. The number of rotatable bonds is 3. The molecule has 1 aromatic heterocycles. The zero-order chi connectivity index (χ0) is 17.4. The van der Waals surface area contributed by atoms with Crippen LogP contribution in [0.1, 0.15) is 5.56 Å². The zero-order valence-corrected chi connectivity index (χ0v) is 14.7. The molecule has 0 fully saturated rings. The second kappa shape index (κ2) is 6.55. The number of hydrogen-bond donors (Lipinski definition) is 0. The van der Waals surface area contributed by atoms with Gasteiger partial charge in [-0.15, -0.1) is 0 Å². The predicted octanol–water partition coefficient (Wildman–Crippen LogP) is 6.80. The van der Waals surface area contributed by atoms with Crippen LogP contribution in [0.25, 0.3) is 22.0 Å². The summed E-state index contributed by atoms with van der Waals surface area (Å²) in [7, 11) is 0. The van der Waals surface area contributed by atoms with Crippen LogP contribution in [0.5, 0.6) is 0 Å². The standard InChI is InChI=1S/C21H14Cl2FN/c22-18-9-8-14(12-19(18)23)13-25-11-10-17-15(5-3-7-21(17)25)16-4-1-2-6-20(16)24/h1-12H,13H2. The van der Waals surface area contributed by atoms with Gasteiger partial charge >= 0.3 is 0 Å². The lowest BCUT2D eigenvalue weighted by atomic mass is 10.0. The molecule has 0 saturated carbocycles. The molecule has 1 nitrogen and oxygen atoms in total. The Hall–Kier alpha value is -2.29. The fourth-order valence-electron chi connectivity index (χ4n) is 3.11. The van der Waals surface area contributed by atoms with Gasteiger partial charge in [0.15, 0.2) is 0 Å². The van der Waals surface area contributed by atoms with Gasteiger partial charge in [-0.3, -0.25) is 0 Å². The molecule has 0 N–H and O–H groups in total. The lowest BCUT2D eigenvalue weighted by Gasteiger charge is -2.09. The highest BCUT2D eigenvalue weighted by atomic mass is 35.5. The lowest BCUT2D eigenvalue weighted by Crippen LogP contribution is -1.98. The molecule has 4 heteroatoms. The molecule has 0 radical (unpaired) electrons. The molecule has 0 spiro atoms. The Bertz CT molecular complexity index is 1070. The number of fused-ring (bicyclic) bond motifs is 1. The molecule has 3 aromatic carbocycles. The summed E-state index contributed by atoms with van der Waals surface area (Å²) in [6, 6.07) is 20.4. The van der Waals surface area contributed by atoms with E-state index >= 15 is 0 Å². The molecule has 0 aliphatic carbocycles. The third kappa shape index (κ3) is 3.04. The van der Waals surface area contributed by atoms with E-state index in [1.54, 1.807) is 18.2 Å². The smallest absolute Gasteiger partial charge is 0.131 e. The van der Waals surface area contributed by atoms with E-state index in [1.165, 1.54) is 6.07 Å². The van der Waals surface area contributed by atoms with Gasteiger partial charge < -0.3 is 4.57 Å². The first-order valence-corrected chi connectivity index (χ1v) is 8.66. The summed E-state index contributed by atoms with van der Waals surface area (Å²) < 4.78 is 16.3. The first-order chi connectivity index (χ1) is 12.1. The molecule has 0 bridgehead atoms. The summed E-state index contributed by atoms with van der Waals surface area (Å²) in [6.07, 6.45) is 2.01. The van der Waals surface area contributed by atoms with Crippen LogP contribution in [0.15, 0.2) is 72.9 Å². The summed E-state index contributed by atoms with van der Waals surface area (Å²) in [5.74, 6) is -0.216. The maximum absolute atomic E-state index is 14.2. The monoisotopic (exact) mass is 369 g/mol. The Morgan fingerprint density at radius 2 is 1.60 bits per heavy atom. The summed E-state index contributed by atoms with van der Waals surface area (Å²) >= 11 is 12.1. The van der Waals surface area contributed by atoms with Crippen molar-refractivity contribution in [1.82, 2.24) is 4.57 Å². The third-order valence-corrected chi connectivity index (χ3v) is 5.05. The van der Waals surface area contributed by atoms with Gasteiger partial charge in [-0.25, -0.2) is 4.39 Å². The Labute approximate surface area is 155 Å². The molecule has 4 rings (SSSR count). The summed E-state index contributed by atoms with van der Waals surface area (Å²) in [4.78, 5) is 0. The lowest BCUT2D eigenvalue weighted by molar-refractivity contribution is 0.631. The van der Waals surface area contributed by atoms with Crippen molar-refractivity contribution in [1.29, 1.82) is 0 Å². The maximum atomic E-state index is 14.2. The average molecular weight is 370 g/mol. The van der Waals surface area contributed by atoms with Crippen LogP contribution in [-0.4, -0.2) is 4.57 Å². The van der Waals surface area contributed by atoms with Crippen molar-refractivity contribution >= 4 is 34.1 Å². The largest absolute Gasteiger partial charge is 0.343 e. The van der Waals surface area contributed by atoms with E-state index in [-0.39, 0.29) is 5.82 Å². The Kier molecular flexibility index (Phi) is 4.24. The van der Waals surface area contributed by atoms with Crippen molar-refractivity contribution in [3.05, 3.63) is 94.4 Å². The van der Waals surface area contributed by atoms with Gasteiger partial charge in [0.25, 0.3) is 0 Å². The SMILES string of the molecule is Fc1ccccc1-c1cccc2c1ccn2Cc1ccc(Cl)c(Cl)c1. The van der Waals surface area contributed by atoms with E-state index < -0.39 is 0 Å². The maximum Gasteiger partial charge on any atom is 0.131 e. The number of nitrogens with zero attached hydrogens (tertiary/aromatic N) is 1. The van der Waals surface area contributed by atoms with Crippen LogP contribution in [-0.2, 0) is 6.54 Å². The van der Waals surface area contributed by atoms with Gasteiger partial charge in [0.1, 0.15) is 5.82 Å². The highest BCUT2D eigenvalue weighted by molar-refractivity contribution is 6.42. The van der Waals surface area contributed by atoms with Crippen LogP contribution in [0.2, 0.25) is 10.0 Å². The van der Waals surface area contributed by atoms with E-state index in [1.807, 2.05) is 48.7 Å². The predicted molar refractivity (Wildman–Crippen MR) is 103 cm³/mol. The second-order valence-corrected chi connectivity index (χ2v) is 6.72. The van der Waals surface area contributed by atoms with Crippen molar-refractivity contribution in [3.8, 4) is 11.1 Å². The van der Waals surface area contributed by atoms with Gasteiger partial charge in [0.2, 0.25) is 0 Å². The molecule has 124 valence electrons. The zero-order valence-electron chi connectivity index (χ0n) is 13.2. The molecule has 0 amide bonds. The van der Waals surface area contributed by atoms with Gasteiger partial charge in [-0.1, -0.05) is 59.6 Å². The first kappa shape index (κ1) is 16.2. The number of aromatic nitrogens is 1. The van der Waals surface area contributed by atoms with Crippen molar-refractivity contribution in [3.63, 3.8) is 0 Å². The summed E-state index contributed by atoms with van der Waals surface area (Å²) in [6.45, 7) is 0.668. The molecule has 0 unspecified atom stereocenters. The minimum atomic E-state index is -0.216. The average Bonchev–Trinajstić information content (AvgIpc) is 3.02. The van der Waals surface area contributed by atoms with Gasteiger partial charge in [-0.05, 0) is 41.5 Å². The van der Waals surface area contributed by atoms with Crippen LogP contribution in [0.3, 0.4) is 0 Å². The number of halogens is 3. The molecule has 0 aliphatic rings. The fourth-order valence-corrected chi connectivity index (χ4v) is 3.43. The van der Waals surface area contributed by atoms with Crippen LogP contribution in [0.4, 0.5) is 4.39 Å². The van der Waals surface area contributed by atoms with Crippen molar-refractivity contribution in [2.24, 2.45) is 0 Å². The molecule has 0 atom stereocenters. The molecule has 4 aromatic rings. The Balaban J connectivity index is 1.79. The normalized spacial score (nSPS) is 11.2. The van der Waals surface area contributed by atoms with Crippen molar-refractivity contribution < 1.29 is 4.39 Å². The topological polar surface area (TPSA) is 4.93 Å². The fraction of sp³-hybridized carbons (Fsp3) is 0.0476.